The van der Waals surface area contributed by atoms with Crippen molar-refractivity contribution in [1.29, 1.82) is 0 Å². The van der Waals surface area contributed by atoms with Crippen LogP contribution in [0, 0.1) is 6.92 Å². The second kappa shape index (κ2) is 6.46. The zero-order valence-electron chi connectivity index (χ0n) is 11.4. The van der Waals surface area contributed by atoms with E-state index in [-0.39, 0.29) is 5.91 Å². The molecule has 1 heterocycles. The van der Waals surface area contributed by atoms with E-state index in [0.29, 0.717) is 10.7 Å². The zero-order chi connectivity index (χ0) is 14.7. The first-order valence-electron chi connectivity index (χ1n) is 6.44. The second-order valence-corrected chi connectivity index (χ2v) is 5.95. The molecule has 0 aliphatic rings. The molecular formula is C15H16BrClN2O. The van der Waals surface area contributed by atoms with Gasteiger partial charge in [-0.05, 0) is 37.1 Å². The van der Waals surface area contributed by atoms with Crippen LogP contribution in [0.5, 0.6) is 0 Å². The monoisotopic (exact) mass is 354 g/mol. The molecule has 20 heavy (non-hydrogen) atoms. The summed E-state index contributed by atoms with van der Waals surface area (Å²) in [7, 11) is 0. The van der Waals surface area contributed by atoms with Crippen LogP contribution in [-0.4, -0.2) is 10.5 Å². The van der Waals surface area contributed by atoms with Gasteiger partial charge in [-0.25, -0.2) is 0 Å². The lowest BCUT2D eigenvalue weighted by Crippen LogP contribution is -2.16. The number of halogens is 2. The summed E-state index contributed by atoms with van der Waals surface area (Å²) < 4.78 is 2.85. The van der Waals surface area contributed by atoms with E-state index in [9.17, 15) is 4.79 Å². The van der Waals surface area contributed by atoms with Crippen molar-refractivity contribution in [1.82, 2.24) is 4.57 Å². The van der Waals surface area contributed by atoms with Crippen molar-refractivity contribution in [2.24, 2.45) is 0 Å². The molecule has 0 aliphatic heterocycles. The van der Waals surface area contributed by atoms with Gasteiger partial charge in [0, 0.05) is 22.9 Å². The lowest BCUT2D eigenvalue weighted by molar-refractivity contribution is 0.101. The van der Waals surface area contributed by atoms with Crippen molar-refractivity contribution in [2.45, 2.75) is 26.8 Å². The van der Waals surface area contributed by atoms with Crippen LogP contribution in [0.1, 0.15) is 29.4 Å². The predicted molar refractivity (Wildman–Crippen MR) is 86.6 cm³/mol. The predicted octanol–water partition coefficient (Wildman–Crippen LogP) is 4.87. The van der Waals surface area contributed by atoms with E-state index in [2.05, 4.69) is 28.2 Å². The van der Waals surface area contributed by atoms with Gasteiger partial charge in [0.2, 0.25) is 0 Å². The van der Waals surface area contributed by atoms with Gasteiger partial charge in [0.25, 0.3) is 5.91 Å². The number of aromatic nitrogens is 1. The van der Waals surface area contributed by atoms with Gasteiger partial charge in [0.15, 0.2) is 0 Å². The molecule has 1 aromatic heterocycles. The number of nitrogens with zero attached hydrogens (tertiary/aromatic N) is 1. The fourth-order valence-electron chi connectivity index (χ4n) is 1.96. The number of hydrogen-bond donors (Lipinski definition) is 1. The third-order valence-corrected chi connectivity index (χ3v) is 4.05. The Balaban J connectivity index is 2.21. The van der Waals surface area contributed by atoms with Crippen LogP contribution in [0.3, 0.4) is 0 Å². The molecule has 2 rings (SSSR count). The molecule has 0 aliphatic carbocycles. The van der Waals surface area contributed by atoms with Crippen LogP contribution in [0.4, 0.5) is 5.69 Å². The van der Waals surface area contributed by atoms with Crippen LogP contribution in [0.25, 0.3) is 0 Å². The maximum Gasteiger partial charge on any atom is 0.272 e. The Morgan fingerprint density at radius 1 is 1.40 bits per heavy atom. The van der Waals surface area contributed by atoms with Gasteiger partial charge in [-0.3, -0.25) is 4.79 Å². The van der Waals surface area contributed by atoms with Gasteiger partial charge in [0.1, 0.15) is 5.69 Å². The first-order chi connectivity index (χ1) is 9.51. The molecule has 1 amide bonds. The van der Waals surface area contributed by atoms with E-state index in [1.807, 2.05) is 29.7 Å². The highest BCUT2D eigenvalue weighted by atomic mass is 79.9. The smallest absolute Gasteiger partial charge is 0.272 e. The quantitative estimate of drug-likeness (QED) is 0.833. The number of rotatable bonds is 4. The molecule has 0 bridgehead atoms. The van der Waals surface area contributed by atoms with Gasteiger partial charge >= 0.3 is 0 Å². The average Bonchev–Trinajstić information content (AvgIpc) is 2.75. The molecular weight excluding hydrogens is 340 g/mol. The fraction of sp³-hybridized carbons (Fsp3) is 0.267. The highest BCUT2D eigenvalue weighted by Crippen LogP contribution is 2.22. The van der Waals surface area contributed by atoms with Crippen LogP contribution in [0.2, 0.25) is 5.02 Å². The Labute approximate surface area is 132 Å². The van der Waals surface area contributed by atoms with Crippen molar-refractivity contribution < 1.29 is 4.79 Å². The molecule has 1 aromatic carbocycles. The molecule has 0 atom stereocenters. The van der Waals surface area contributed by atoms with Crippen molar-refractivity contribution in [3.63, 3.8) is 0 Å². The van der Waals surface area contributed by atoms with Crippen molar-refractivity contribution in [2.75, 3.05) is 5.32 Å². The van der Waals surface area contributed by atoms with Gasteiger partial charge in [-0.15, -0.1) is 0 Å². The van der Waals surface area contributed by atoms with Crippen molar-refractivity contribution >= 4 is 39.1 Å². The summed E-state index contributed by atoms with van der Waals surface area (Å²) in [5, 5.41) is 3.47. The van der Waals surface area contributed by atoms with E-state index in [1.54, 1.807) is 12.3 Å². The minimum Gasteiger partial charge on any atom is -0.342 e. The second-order valence-electron chi connectivity index (χ2n) is 4.66. The summed E-state index contributed by atoms with van der Waals surface area (Å²) in [5.41, 5.74) is 2.46. The molecule has 0 fully saturated rings. The first-order valence-corrected chi connectivity index (χ1v) is 7.61. The van der Waals surface area contributed by atoms with Crippen LogP contribution in [0.15, 0.2) is 34.9 Å². The number of nitrogens with one attached hydrogen (secondary N) is 1. The molecule has 0 unspecified atom stereocenters. The van der Waals surface area contributed by atoms with E-state index >= 15 is 0 Å². The summed E-state index contributed by atoms with van der Waals surface area (Å²) in [5.74, 6) is -0.152. The molecule has 0 saturated heterocycles. The number of amides is 1. The molecule has 3 nitrogen and oxygen atoms in total. The van der Waals surface area contributed by atoms with E-state index in [4.69, 9.17) is 11.6 Å². The van der Waals surface area contributed by atoms with Gasteiger partial charge in [-0.1, -0.05) is 40.5 Å². The van der Waals surface area contributed by atoms with Crippen LogP contribution < -0.4 is 5.32 Å². The average molecular weight is 356 g/mol. The Hall–Kier alpha value is -1.26. The summed E-state index contributed by atoms with van der Waals surface area (Å²) in [6.07, 6.45) is 2.73. The van der Waals surface area contributed by atoms with Crippen LogP contribution >= 0.6 is 27.5 Å². The summed E-state index contributed by atoms with van der Waals surface area (Å²) >= 11 is 9.44. The molecule has 2 aromatic rings. The maximum absolute atomic E-state index is 12.3. The highest BCUT2D eigenvalue weighted by Gasteiger charge is 2.13. The standard InChI is InChI=1S/C15H16BrClN2O/c1-3-6-19-9-11(17)7-14(19)15(20)18-12-5-4-10(2)13(16)8-12/h4-5,7-9H,3,6H2,1-2H3,(H,18,20). The Morgan fingerprint density at radius 2 is 2.15 bits per heavy atom. The number of benzene rings is 1. The summed E-state index contributed by atoms with van der Waals surface area (Å²) in [6, 6.07) is 7.42. The van der Waals surface area contributed by atoms with Gasteiger partial charge in [-0.2, -0.15) is 0 Å². The number of carbonyl (C=O) groups is 1. The third kappa shape index (κ3) is 3.44. The SMILES string of the molecule is CCCn1cc(Cl)cc1C(=O)Nc1ccc(C)c(Br)c1. The van der Waals surface area contributed by atoms with Crippen molar-refractivity contribution in [3.05, 3.63) is 51.2 Å². The molecule has 5 heteroatoms. The molecule has 0 radical (unpaired) electrons. The van der Waals surface area contributed by atoms with Gasteiger partial charge < -0.3 is 9.88 Å². The first kappa shape index (κ1) is 15.1. The molecule has 0 saturated carbocycles. The molecule has 106 valence electrons. The molecule has 1 N–H and O–H groups in total. The highest BCUT2D eigenvalue weighted by molar-refractivity contribution is 9.10. The Kier molecular flexibility index (Phi) is 4.89. The Bertz CT molecular complexity index is 637. The normalized spacial score (nSPS) is 10.6. The topological polar surface area (TPSA) is 34.0 Å². The number of aryl methyl sites for hydroxylation is 2. The van der Waals surface area contributed by atoms with Crippen LogP contribution in [-0.2, 0) is 6.54 Å². The fourth-order valence-corrected chi connectivity index (χ4v) is 2.56. The lowest BCUT2D eigenvalue weighted by Gasteiger charge is -2.09. The number of anilines is 1. The number of hydrogen-bond acceptors (Lipinski definition) is 1. The molecule has 0 spiro atoms. The largest absolute Gasteiger partial charge is 0.342 e. The van der Waals surface area contributed by atoms with E-state index < -0.39 is 0 Å². The van der Waals surface area contributed by atoms with Crippen molar-refractivity contribution in [3.8, 4) is 0 Å². The van der Waals surface area contributed by atoms with E-state index in [0.717, 1.165) is 28.7 Å². The number of carbonyl (C=O) groups excluding carboxylic acids is 1. The minimum atomic E-state index is -0.152. The Morgan fingerprint density at radius 3 is 2.80 bits per heavy atom. The van der Waals surface area contributed by atoms with E-state index in [1.165, 1.54) is 0 Å². The summed E-state index contributed by atoms with van der Waals surface area (Å²) in [4.78, 5) is 12.3. The lowest BCUT2D eigenvalue weighted by atomic mass is 10.2. The zero-order valence-corrected chi connectivity index (χ0v) is 13.8. The third-order valence-electron chi connectivity index (χ3n) is 2.99. The minimum absolute atomic E-state index is 0.152. The summed E-state index contributed by atoms with van der Waals surface area (Å²) in [6.45, 7) is 4.83. The maximum atomic E-state index is 12.3. The van der Waals surface area contributed by atoms with Gasteiger partial charge in [0.05, 0.1) is 5.02 Å².